The summed E-state index contributed by atoms with van der Waals surface area (Å²) in [5, 5.41) is 6.37. The Morgan fingerprint density at radius 1 is 1.30 bits per heavy atom. The van der Waals surface area contributed by atoms with Crippen LogP contribution < -0.4 is 10.6 Å². The van der Waals surface area contributed by atoms with Gasteiger partial charge in [0.2, 0.25) is 10.0 Å². The molecule has 0 aromatic heterocycles. The van der Waals surface area contributed by atoms with Crippen LogP contribution in [0.15, 0.2) is 34.2 Å². The fourth-order valence-electron chi connectivity index (χ4n) is 1.83. The van der Waals surface area contributed by atoms with Crippen molar-refractivity contribution in [2.45, 2.75) is 17.9 Å². The Morgan fingerprint density at radius 2 is 2.00 bits per heavy atom. The highest BCUT2D eigenvalue weighted by Gasteiger charge is 2.16. The van der Waals surface area contributed by atoms with E-state index in [1.54, 1.807) is 12.1 Å². The molecule has 0 bridgehead atoms. The zero-order valence-electron chi connectivity index (χ0n) is 11.8. The molecule has 1 aliphatic heterocycles. The molecule has 0 spiro atoms. The SMILES string of the molecule is CN(C)S(=O)(=O)c1ccc(CNC2=NCCCN2)cc1. The Balaban J connectivity index is 2.00. The highest BCUT2D eigenvalue weighted by molar-refractivity contribution is 7.89. The molecule has 0 amide bonds. The van der Waals surface area contributed by atoms with E-state index in [-0.39, 0.29) is 0 Å². The molecule has 110 valence electrons. The van der Waals surface area contributed by atoms with Gasteiger partial charge < -0.3 is 10.6 Å². The molecule has 2 N–H and O–H groups in total. The Kier molecular flexibility index (Phi) is 4.61. The van der Waals surface area contributed by atoms with Crippen LogP contribution in [0, 0.1) is 0 Å². The van der Waals surface area contributed by atoms with Crippen LogP contribution in [0.1, 0.15) is 12.0 Å². The minimum atomic E-state index is -3.35. The number of aliphatic imine (C=N–C) groups is 1. The van der Waals surface area contributed by atoms with Crippen molar-refractivity contribution in [2.24, 2.45) is 4.99 Å². The number of nitrogens with one attached hydrogen (secondary N) is 2. The standard InChI is InChI=1S/C13H20N4O2S/c1-17(2)20(18,19)12-6-4-11(5-7-12)10-16-13-14-8-3-9-15-13/h4-7H,3,8-10H2,1-2H3,(H2,14,15,16). The van der Waals surface area contributed by atoms with E-state index in [2.05, 4.69) is 15.6 Å². The van der Waals surface area contributed by atoms with Crippen molar-refractivity contribution >= 4 is 16.0 Å². The van der Waals surface area contributed by atoms with Gasteiger partial charge in [0.25, 0.3) is 0 Å². The first-order chi connectivity index (χ1) is 9.50. The largest absolute Gasteiger partial charge is 0.356 e. The third-order valence-electron chi connectivity index (χ3n) is 3.06. The Hall–Kier alpha value is -1.60. The van der Waals surface area contributed by atoms with Gasteiger partial charge in [-0.25, -0.2) is 12.7 Å². The van der Waals surface area contributed by atoms with Gasteiger partial charge in [0, 0.05) is 33.7 Å². The van der Waals surface area contributed by atoms with Crippen molar-refractivity contribution in [3.05, 3.63) is 29.8 Å². The molecule has 1 aromatic rings. The van der Waals surface area contributed by atoms with Gasteiger partial charge in [-0.1, -0.05) is 12.1 Å². The smallest absolute Gasteiger partial charge is 0.242 e. The van der Waals surface area contributed by atoms with Crippen molar-refractivity contribution in [1.29, 1.82) is 0 Å². The first-order valence-corrected chi connectivity index (χ1v) is 7.98. The fraction of sp³-hybridized carbons (Fsp3) is 0.462. The second-order valence-corrected chi connectivity index (χ2v) is 6.95. The normalized spacial score (nSPS) is 15.7. The van der Waals surface area contributed by atoms with Crippen LogP contribution in [0.25, 0.3) is 0 Å². The lowest BCUT2D eigenvalue weighted by Gasteiger charge is -2.16. The van der Waals surface area contributed by atoms with Gasteiger partial charge in [-0.15, -0.1) is 0 Å². The van der Waals surface area contributed by atoms with Crippen molar-refractivity contribution in [2.75, 3.05) is 27.2 Å². The van der Waals surface area contributed by atoms with Crippen LogP contribution in [0.2, 0.25) is 0 Å². The predicted octanol–water partition coefficient (Wildman–Crippen LogP) is 0.376. The van der Waals surface area contributed by atoms with E-state index in [0.717, 1.165) is 31.0 Å². The molecule has 20 heavy (non-hydrogen) atoms. The van der Waals surface area contributed by atoms with Gasteiger partial charge in [0.1, 0.15) is 0 Å². The Morgan fingerprint density at radius 3 is 2.55 bits per heavy atom. The number of hydrogen-bond donors (Lipinski definition) is 2. The molecule has 1 aliphatic rings. The van der Waals surface area contributed by atoms with Gasteiger partial charge in [0.05, 0.1) is 4.90 Å². The molecule has 1 heterocycles. The Bertz CT molecular complexity index is 579. The summed E-state index contributed by atoms with van der Waals surface area (Å²) >= 11 is 0. The molecule has 7 heteroatoms. The lowest BCUT2D eigenvalue weighted by atomic mass is 10.2. The molecule has 0 saturated carbocycles. The number of nitrogens with zero attached hydrogens (tertiary/aromatic N) is 2. The quantitative estimate of drug-likeness (QED) is 0.842. The highest BCUT2D eigenvalue weighted by atomic mass is 32.2. The van der Waals surface area contributed by atoms with Crippen molar-refractivity contribution in [3.8, 4) is 0 Å². The van der Waals surface area contributed by atoms with Crippen LogP contribution in [0.3, 0.4) is 0 Å². The van der Waals surface area contributed by atoms with Gasteiger partial charge in [-0.2, -0.15) is 0 Å². The second kappa shape index (κ2) is 6.23. The summed E-state index contributed by atoms with van der Waals surface area (Å²) in [7, 11) is -0.301. The van der Waals surface area contributed by atoms with E-state index in [1.165, 1.54) is 18.4 Å². The minimum absolute atomic E-state index is 0.305. The number of sulfonamides is 1. The molecule has 0 atom stereocenters. The van der Waals surface area contributed by atoms with E-state index in [0.29, 0.717) is 11.4 Å². The average molecular weight is 296 g/mol. The molecule has 2 rings (SSSR count). The lowest BCUT2D eigenvalue weighted by molar-refractivity contribution is 0.520. The first-order valence-electron chi connectivity index (χ1n) is 6.54. The second-order valence-electron chi connectivity index (χ2n) is 4.80. The average Bonchev–Trinajstić information content (AvgIpc) is 2.46. The van der Waals surface area contributed by atoms with Crippen LogP contribution in [-0.4, -0.2) is 45.9 Å². The fourth-order valence-corrected chi connectivity index (χ4v) is 2.73. The topological polar surface area (TPSA) is 73.8 Å². The Labute approximate surface area is 119 Å². The zero-order chi connectivity index (χ0) is 14.6. The summed E-state index contributed by atoms with van der Waals surface area (Å²) in [5.41, 5.74) is 1.01. The van der Waals surface area contributed by atoms with Crippen LogP contribution in [0.4, 0.5) is 0 Å². The zero-order valence-corrected chi connectivity index (χ0v) is 12.6. The van der Waals surface area contributed by atoms with Crippen molar-refractivity contribution < 1.29 is 8.42 Å². The molecule has 0 aliphatic carbocycles. The van der Waals surface area contributed by atoms with Crippen molar-refractivity contribution in [1.82, 2.24) is 14.9 Å². The van der Waals surface area contributed by atoms with Gasteiger partial charge in [-0.05, 0) is 24.1 Å². The molecule has 1 aromatic carbocycles. The van der Waals surface area contributed by atoms with E-state index >= 15 is 0 Å². The van der Waals surface area contributed by atoms with E-state index in [1.807, 2.05) is 12.1 Å². The van der Waals surface area contributed by atoms with Gasteiger partial charge >= 0.3 is 0 Å². The van der Waals surface area contributed by atoms with Gasteiger partial charge in [-0.3, -0.25) is 4.99 Å². The van der Waals surface area contributed by atoms with E-state index in [9.17, 15) is 8.42 Å². The maximum atomic E-state index is 11.9. The molecule has 0 fully saturated rings. The number of rotatable bonds is 4. The van der Waals surface area contributed by atoms with Crippen LogP contribution in [-0.2, 0) is 16.6 Å². The van der Waals surface area contributed by atoms with E-state index < -0.39 is 10.0 Å². The summed E-state index contributed by atoms with van der Waals surface area (Å²) in [5.74, 6) is 0.807. The van der Waals surface area contributed by atoms with Crippen molar-refractivity contribution in [3.63, 3.8) is 0 Å². The molecular formula is C13H20N4O2S. The summed E-state index contributed by atoms with van der Waals surface area (Å²) in [6.07, 6.45) is 1.06. The van der Waals surface area contributed by atoms with Crippen LogP contribution in [0.5, 0.6) is 0 Å². The minimum Gasteiger partial charge on any atom is -0.356 e. The third kappa shape index (κ3) is 3.49. The maximum Gasteiger partial charge on any atom is 0.242 e. The maximum absolute atomic E-state index is 11.9. The molecule has 0 radical (unpaired) electrons. The van der Waals surface area contributed by atoms with Crippen LogP contribution >= 0.6 is 0 Å². The van der Waals surface area contributed by atoms with Gasteiger partial charge in [0.15, 0.2) is 5.96 Å². The lowest BCUT2D eigenvalue weighted by Crippen LogP contribution is -2.40. The predicted molar refractivity (Wildman–Crippen MR) is 79.1 cm³/mol. The highest BCUT2D eigenvalue weighted by Crippen LogP contribution is 2.13. The summed E-state index contributed by atoms with van der Waals surface area (Å²) in [6.45, 7) is 2.40. The number of benzene rings is 1. The molecule has 0 saturated heterocycles. The summed E-state index contributed by atoms with van der Waals surface area (Å²) < 4.78 is 25.1. The summed E-state index contributed by atoms with van der Waals surface area (Å²) in [4.78, 5) is 4.62. The molecule has 6 nitrogen and oxygen atoms in total. The first kappa shape index (κ1) is 14.8. The third-order valence-corrected chi connectivity index (χ3v) is 4.89. The molecular weight excluding hydrogens is 276 g/mol. The number of hydrogen-bond acceptors (Lipinski definition) is 5. The van der Waals surface area contributed by atoms with E-state index in [4.69, 9.17) is 0 Å². The number of guanidine groups is 1. The monoisotopic (exact) mass is 296 g/mol. The summed E-state index contributed by atoms with van der Waals surface area (Å²) in [6, 6.07) is 6.88. The molecule has 0 unspecified atom stereocenters.